The Morgan fingerprint density at radius 3 is 2.04 bits per heavy atom. The molecule has 7 heteroatoms. The van der Waals surface area contributed by atoms with Gasteiger partial charge in [0.05, 0.1) is 26.4 Å². The first-order valence-electron chi connectivity index (χ1n) is 19.2. The third kappa shape index (κ3) is 12.2. The van der Waals surface area contributed by atoms with Gasteiger partial charge < -0.3 is 23.7 Å². The minimum atomic E-state index is -0.615. The fraction of sp³-hybridized carbons (Fsp3) is 0.478. The Balaban J connectivity index is 1.64. The Hall–Kier alpha value is -4.04. The first-order valence-corrected chi connectivity index (χ1v) is 19.2. The molecule has 7 nitrogen and oxygen atoms in total. The molecular formula is C46H60O7. The maximum atomic E-state index is 13.0. The van der Waals surface area contributed by atoms with Gasteiger partial charge in [0.15, 0.2) is 5.79 Å². The molecule has 0 atom stereocenters. The third-order valence-electron chi connectivity index (χ3n) is 9.70. The van der Waals surface area contributed by atoms with Crippen LogP contribution in [0.2, 0.25) is 0 Å². The minimum Gasteiger partial charge on any atom is -0.457 e. The highest BCUT2D eigenvalue weighted by Crippen LogP contribution is 2.36. The molecule has 0 bridgehead atoms. The van der Waals surface area contributed by atoms with Crippen LogP contribution in [-0.4, -0.2) is 44.2 Å². The highest BCUT2D eigenvalue weighted by atomic mass is 16.7. The van der Waals surface area contributed by atoms with Crippen LogP contribution in [0.3, 0.4) is 0 Å². The summed E-state index contributed by atoms with van der Waals surface area (Å²) in [6.07, 6.45) is 8.69. The third-order valence-corrected chi connectivity index (χ3v) is 9.70. The van der Waals surface area contributed by atoms with Crippen LogP contribution >= 0.6 is 0 Å². The lowest BCUT2D eigenvalue weighted by Crippen LogP contribution is -2.47. The molecule has 0 aromatic heterocycles. The van der Waals surface area contributed by atoms with Crippen molar-refractivity contribution in [2.75, 3.05) is 26.4 Å². The number of carbonyl (C=O) groups excluding carboxylic acids is 2. The van der Waals surface area contributed by atoms with Crippen LogP contribution in [0.5, 0.6) is 5.75 Å². The molecule has 0 N–H and O–H groups in total. The van der Waals surface area contributed by atoms with Gasteiger partial charge in [-0.3, -0.25) is 0 Å². The van der Waals surface area contributed by atoms with E-state index in [0.29, 0.717) is 44.2 Å². The van der Waals surface area contributed by atoms with E-state index in [9.17, 15) is 9.59 Å². The number of esters is 2. The molecule has 286 valence electrons. The van der Waals surface area contributed by atoms with Crippen molar-refractivity contribution in [3.63, 3.8) is 0 Å². The molecule has 0 aliphatic carbocycles. The standard InChI is InChI=1S/C46H60O7/c1-10-12-13-14-15-16-34-17-19-36(20-18-34)37-21-22-40(35(11-2)25-37)38-26-39(28-50-43(47)32(3)4)41(42(27-38)53-44(48)33(5)6)23-24-49-29-46(9)30-51-45(7,8)52-31-46/h17-22,25-27H,3,5,10-16,23-24,28-31H2,1-2,4,6-9H3. The number of benzene rings is 3. The predicted molar refractivity (Wildman–Crippen MR) is 213 cm³/mol. The van der Waals surface area contributed by atoms with Crippen LogP contribution < -0.4 is 4.74 Å². The molecule has 1 aliphatic rings. The number of aryl methyl sites for hydroxylation is 2. The van der Waals surface area contributed by atoms with Crippen LogP contribution in [0.4, 0.5) is 0 Å². The Kier molecular flexibility index (Phi) is 15.2. The molecule has 1 heterocycles. The summed E-state index contributed by atoms with van der Waals surface area (Å²) in [5.41, 5.74) is 8.42. The monoisotopic (exact) mass is 724 g/mol. The molecule has 0 radical (unpaired) electrons. The summed E-state index contributed by atoms with van der Waals surface area (Å²) in [5.74, 6) is -1.26. The van der Waals surface area contributed by atoms with Crippen molar-refractivity contribution in [3.05, 3.63) is 101 Å². The normalized spacial score (nSPS) is 14.8. The molecule has 0 spiro atoms. The van der Waals surface area contributed by atoms with Gasteiger partial charge in [0.25, 0.3) is 0 Å². The molecule has 0 amide bonds. The molecule has 0 unspecified atom stereocenters. The Bertz CT molecular complexity index is 1720. The van der Waals surface area contributed by atoms with Crippen LogP contribution in [0.15, 0.2) is 78.9 Å². The molecule has 1 aliphatic heterocycles. The van der Waals surface area contributed by atoms with Gasteiger partial charge in [-0.05, 0) is 104 Å². The van der Waals surface area contributed by atoms with Crippen molar-refractivity contribution in [2.45, 2.75) is 112 Å². The van der Waals surface area contributed by atoms with Gasteiger partial charge in [0.1, 0.15) is 12.4 Å². The lowest BCUT2D eigenvalue weighted by molar-refractivity contribution is -0.288. The highest BCUT2D eigenvalue weighted by molar-refractivity contribution is 5.89. The number of rotatable bonds is 19. The number of ether oxygens (including phenoxy) is 5. The summed E-state index contributed by atoms with van der Waals surface area (Å²) >= 11 is 0. The molecule has 53 heavy (non-hydrogen) atoms. The maximum Gasteiger partial charge on any atom is 0.338 e. The second-order valence-corrected chi connectivity index (χ2v) is 15.3. The van der Waals surface area contributed by atoms with E-state index in [4.69, 9.17) is 23.7 Å². The van der Waals surface area contributed by atoms with Gasteiger partial charge >= 0.3 is 11.9 Å². The fourth-order valence-corrected chi connectivity index (χ4v) is 6.32. The summed E-state index contributed by atoms with van der Waals surface area (Å²) in [6.45, 7) is 22.8. The minimum absolute atomic E-state index is 0.0224. The Morgan fingerprint density at radius 1 is 0.755 bits per heavy atom. The zero-order chi connectivity index (χ0) is 38.6. The first-order chi connectivity index (χ1) is 25.2. The second kappa shape index (κ2) is 19.3. The SMILES string of the molecule is C=C(C)C(=O)OCc1cc(-c2ccc(-c3ccc(CCCCCCC)cc3)cc2CC)cc(OC(=O)C(=C)C)c1CCOCC1(C)COC(C)(C)OC1. The van der Waals surface area contributed by atoms with Crippen molar-refractivity contribution < 1.29 is 33.3 Å². The average molecular weight is 725 g/mol. The molecule has 3 aromatic carbocycles. The smallest absolute Gasteiger partial charge is 0.338 e. The van der Waals surface area contributed by atoms with E-state index in [1.807, 2.05) is 26.0 Å². The molecular weight excluding hydrogens is 664 g/mol. The zero-order valence-corrected chi connectivity index (χ0v) is 33.2. The second-order valence-electron chi connectivity index (χ2n) is 15.3. The number of hydrogen-bond donors (Lipinski definition) is 0. The quantitative estimate of drug-likeness (QED) is 0.0527. The molecule has 4 rings (SSSR count). The number of unbranched alkanes of at least 4 members (excludes halogenated alkanes) is 4. The van der Waals surface area contributed by atoms with Gasteiger partial charge in [-0.25, -0.2) is 9.59 Å². The fourth-order valence-electron chi connectivity index (χ4n) is 6.32. The van der Waals surface area contributed by atoms with Crippen LogP contribution in [0, 0.1) is 5.41 Å². The van der Waals surface area contributed by atoms with Gasteiger partial charge in [0.2, 0.25) is 0 Å². The van der Waals surface area contributed by atoms with Crippen molar-refractivity contribution in [3.8, 4) is 28.0 Å². The molecule has 1 saturated heterocycles. The average Bonchev–Trinajstić information content (AvgIpc) is 3.14. The first kappa shape index (κ1) is 41.7. The zero-order valence-electron chi connectivity index (χ0n) is 33.2. The largest absolute Gasteiger partial charge is 0.457 e. The van der Waals surface area contributed by atoms with E-state index in [1.165, 1.54) is 43.2 Å². The summed E-state index contributed by atoms with van der Waals surface area (Å²) in [4.78, 5) is 25.5. The molecule has 3 aromatic rings. The van der Waals surface area contributed by atoms with E-state index in [0.717, 1.165) is 46.2 Å². The van der Waals surface area contributed by atoms with E-state index < -0.39 is 17.7 Å². The van der Waals surface area contributed by atoms with Gasteiger partial charge in [-0.1, -0.05) is 102 Å². The highest BCUT2D eigenvalue weighted by Gasteiger charge is 2.36. The molecule has 0 saturated carbocycles. The summed E-state index contributed by atoms with van der Waals surface area (Å²) in [5, 5.41) is 0. The van der Waals surface area contributed by atoms with E-state index >= 15 is 0 Å². The van der Waals surface area contributed by atoms with Crippen molar-refractivity contribution in [2.24, 2.45) is 5.41 Å². The number of hydrogen-bond acceptors (Lipinski definition) is 7. The molecule has 1 fully saturated rings. The van der Waals surface area contributed by atoms with Crippen LogP contribution in [0.1, 0.15) is 103 Å². The van der Waals surface area contributed by atoms with Gasteiger partial charge in [-0.15, -0.1) is 0 Å². The van der Waals surface area contributed by atoms with E-state index in [1.54, 1.807) is 13.8 Å². The number of carbonyl (C=O) groups is 2. The van der Waals surface area contributed by atoms with Crippen molar-refractivity contribution in [1.82, 2.24) is 0 Å². The Labute approximate surface area is 317 Å². The van der Waals surface area contributed by atoms with Gasteiger partial charge in [0, 0.05) is 22.1 Å². The summed E-state index contributed by atoms with van der Waals surface area (Å²) in [6, 6.07) is 19.3. The Morgan fingerprint density at radius 2 is 1.40 bits per heavy atom. The van der Waals surface area contributed by atoms with Gasteiger partial charge in [-0.2, -0.15) is 0 Å². The van der Waals surface area contributed by atoms with E-state index in [-0.39, 0.29) is 17.6 Å². The van der Waals surface area contributed by atoms with E-state index in [2.05, 4.69) is 76.4 Å². The lowest BCUT2D eigenvalue weighted by Gasteiger charge is -2.41. The summed E-state index contributed by atoms with van der Waals surface area (Å²) < 4.78 is 29.6. The maximum absolute atomic E-state index is 13.0. The van der Waals surface area contributed by atoms with Crippen molar-refractivity contribution in [1.29, 1.82) is 0 Å². The predicted octanol–water partition coefficient (Wildman–Crippen LogP) is 10.5. The van der Waals surface area contributed by atoms with Crippen LogP contribution in [0.25, 0.3) is 22.3 Å². The lowest BCUT2D eigenvalue weighted by atomic mass is 9.90. The summed E-state index contributed by atoms with van der Waals surface area (Å²) in [7, 11) is 0. The van der Waals surface area contributed by atoms with Crippen LogP contribution in [-0.2, 0) is 54.4 Å². The topological polar surface area (TPSA) is 80.3 Å². The van der Waals surface area contributed by atoms with Crippen molar-refractivity contribution >= 4 is 11.9 Å².